The number of halogens is 3. The number of carboxylic acids is 1. The van der Waals surface area contributed by atoms with E-state index in [1.807, 2.05) is 18.2 Å². The van der Waals surface area contributed by atoms with Crippen LogP contribution in [0.4, 0.5) is 10.1 Å². The molecule has 1 saturated heterocycles. The van der Waals surface area contributed by atoms with Crippen molar-refractivity contribution in [3.05, 3.63) is 124 Å². The quantitative estimate of drug-likeness (QED) is 0.229. The van der Waals surface area contributed by atoms with Crippen LogP contribution in [0.1, 0.15) is 32.4 Å². The SMILES string of the molecule is O=C(Nc1ccc(Oc2ccccc2)cc1)C1C(c2ccc(Cl)c(Cl)c2)OC2(C(=O)c3cccc(F)c3C2=O)C1C(=O)O. The third-order valence-electron chi connectivity index (χ3n) is 7.54. The third-order valence-corrected chi connectivity index (χ3v) is 8.28. The Balaban J connectivity index is 1.39. The number of ketones is 2. The number of anilines is 1. The van der Waals surface area contributed by atoms with Crippen molar-refractivity contribution < 1.29 is 38.1 Å². The number of fused-ring (bicyclic) bond motifs is 1. The number of para-hydroxylation sites is 1. The highest BCUT2D eigenvalue weighted by molar-refractivity contribution is 6.42. The zero-order valence-corrected chi connectivity index (χ0v) is 23.4. The Morgan fingerprint density at radius 3 is 2.21 bits per heavy atom. The minimum atomic E-state index is -2.69. The van der Waals surface area contributed by atoms with Crippen molar-refractivity contribution in [2.45, 2.75) is 11.7 Å². The molecule has 2 N–H and O–H groups in total. The summed E-state index contributed by atoms with van der Waals surface area (Å²) in [6.45, 7) is 0. The lowest BCUT2D eigenvalue weighted by molar-refractivity contribution is -0.147. The standard InChI is InChI=1S/C32H20Cl2FNO7/c33-21-14-9-16(15-22(21)34)27-25(30(39)36-17-10-12-19(13-11-17)42-18-5-2-1-3-6-18)26(31(40)41)32(43-27)28(37)20-7-4-8-23(35)24(20)29(32)38/h1-15,25-27H,(H,36,39)(H,40,41). The fourth-order valence-electron chi connectivity index (χ4n) is 5.63. The molecule has 216 valence electrons. The molecular weight excluding hydrogens is 600 g/mol. The number of carboxylic acid groups (broad SMARTS) is 1. The van der Waals surface area contributed by atoms with Crippen molar-refractivity contribution in [2.24, 2.45) is 11.8 Å². The molecule has 4 atom stereocenters. The van der Waals surface area contributed by atoms with Gasteiger partial charge in [-0.1, -0.05) is 59.6 Å². The maximum atomic E-state index is 14.8. The van der Waals surface area contributed by atoms with E-state index in [9.17, 15) is 28.7 Å². The van der Waals surface area contributed by atoms with E-state index in [1.165, 1.54) is 30.3 Å². The number of rotatable bonds is 6. The summed E-state index contributed by atoms with van der Waals surface area (Å²) in [6.07, 6.45) is -1.44. The van der Waals surface area contributed by atoms with Gasteiger partial charge in [-0.15, -0.1) is 0 Å². The fourth-order valence-corrected chi connectivity index (χ4v) is 5.94. The van der Waals surface area contributed by atoms with Crippen molar-refractivity contribution in [2.75, 3.05) is 5.32 Å². The van der Waals surface area contributed by atoms with Gasteiger partial charge in [0.1, 0.15) is 23.2 Å². The average molecular weight is 620 g/mol. The first kappa shape index (κ1) is 28.5. The van der Waals surface area contributed by atoms with Gasteiger partial charge in [0.25, 0.3) is 0 Å². The Morgan fingerprint density at radius 1 is 0.860 bits per heavy atom. The van der Waals surface area contributed by atoms with E-state index in [4.69, 9.17) is 32.7 Å². The Bertz CT molecular complexity index is 1800. The second-order valence-corrected chi connectivity index (χ2v) is 10.9. The molecule has 8 nitrogen and oxygen atoms in total. The van der Waals surface area contributed by atoms with Crippen LogP contribution in [0.3, 0.4) is 0 Å². The molecule has 4 unspecified atom stereocenters. The Morgan fingerprint density at radius 2 is 1.56 bits per heavy atom. The number of aliphatic carboxylic acids is 1. The third kappa shape index (κ3) is 4.75. The predicted molar refractivity (Wildman–Crippen MR) is 154 cm³/mol. The number of ether oxygens (including phenoxy) is 2. The summed E-state index contributed by atoms with van der Waals surface area (Å²) < 4.78 is 26.6. The van der Waals surface area contributed by atoms with Gasteiger partial charge in [-0.05, 0) is 60.2 Å². The van der Waals surface area contributed by atoms with Crippen LogP contribution in [-0.2, 0) is 14.3 Å². The summed E-state index contributed by atoms with van der Waals surface area (Å²) in [5, 5.41) is 13.3. The summed E-state index contributed by atoms with van der Waals surface area (Å²) in [7, 11) is 0. The zero-order chi connectivity index (χ0) is 30.5. The Labute approximate surface area is 253 Å². The molecule has 1 aliphatic carbocycles. The van der Waals surface area contributed by atoms with Gasteiger partial charge in [0.15, 0.2) is 0 Å². The number of hydrogen-bond acceptors (Lipinski definition) is 6. The molecule has 43 heavy (non-hydrogen) atoms. The van der Waals surface area contributed by atoms with Gasteiger partial charge >= 0.3 is 5.97 Å². The van der Waals surface area contributed by atoms with Gasteiger partial charge in [0.05, 0.1) is 27.6 Å². The zero-order valence-electron chi connectivity index (χ0n) is 21.9. The summed E-state index contributed by atoms with van der Waals surface area (Å²) >= 11 is 12.3. The largest absolute Gasteiger partial charge is 0.481 e. The molecule has 1 spiro atoms. The van der Waals surface area contributed by atoms with Crippen molar-refractivity contribution in [3.8, 4) is 11.5 Å². The van der Waals surface area contributed by atoms with Crippen LogP contribution in [0, 0.1) is 17.7 Å². The van der Waals surface area contributed by atoms with Crippen LogP contribution in [0.25, 0.3) is 0 Å². The van der Waals surface area contributed by atoms with E-state index < -0.39 is 58.4 Å². The molecule has 6 rings (SSSR count). The van der Waals surface area contributed by atoms with Gasteiger partial charge < -0.3 is 19.9 Å². The van der Waals surface area contributed by atoms with Crippen molar-refractivity contribution in [1.82, 2.24) is 0 Å². The molecule has 0 aromatic heterocycles. The second-order valence-electron chi connectivity index (χ2n) is 10.0. The minimum absolute atomic E-state index is 0.0714. The number of benzene rings is 4. The van der Waals surface area contributed by atoms with Crippen molar-refractivity contribution >= 4 is 52.3 Å². The second kappa shape index (κ2) is 10.9. The van der Waals surface area contributed by atoms with Gasteiger partial charge in [-0.25, -0.2) is 4.39 Å². The number of Topliss-reactive ketones (excluding diaryl/α,β-unsaturated/α-hetero) is 2. The minimum Gasteiger partial charge on any atom is -0.481 e. The predicted octanol–water partition coefficient (Wildman–Crippen LogP) is 6.77. The highest BCUT2D eigenvalue weighted by Gasteiger charge is 2.71. The van der Waals surface area contributed by atoms with E-state index >= 15 is 0 Å². The van der Waals surface area contributed by atoms with Crippen molar-refractivity contribution in [1.29, 1.82) is 0 Å². The molecule has 0 radical (unpaired) electrons. The number of carbonyl (C=O) groups excluding carboxylic acids is 3. The lowest BCUT2D eigenvalue weighted by Crippen LogP contribution is -2.52. The summed E-state index contributed by atoms with van der Waals surface area (Å²) in [5.41, 5.74) is -3.12. The van der Waals surface area contributed by atoms with Gasteiger partial charge in [-0.2, -0.15) is 0 Å². The molecule has 1 heterocycles. The summed E-state index contributed by atoms with van der Waals surface area (Å²) in [4.78, 5) is 54.2. The van der Waals surface area contributed by atoms with Crippen LogP contribution >= 0.6 is 23.2 Å². The molecule has 2 aliphatic rings. The smallest absolute Gasteiger partial charge is 0.311 e. The van der Waals surface area contributed by atoms with Crippen LogP contribution in [0.5, 0.6) is 11.5 Å². The lowest BCUT2D eigenvalue weighted by Gasteiger charge is -2.25. The first-order chi connectivity index (χ1) is 20.6. The first-order valence-corrected chi connectivity index (χ1v) is 13.7. The molecule has 1 fully saturated rings. The van der Waals surface area contributed by atoms with Crippen molar-refractivity contribution in [3.63, 3.8) is 0 Å². The van der Waals surface area contributed by atoms with Crippen LogP contribution in [-0.4, -0.2) is 34.2 Å². The molecule has 0 saturated carbocycles. The van der Waals surface area contributed by atoms with Crippen LogP contribution in [0.15, 0.2) is 91.0 Å². The molecule has 4 aromatic rings. The molecule has 4 aromatic carbocycles. The molecule has 0 bridgehead atoms. The number of amides is 1. The summed E-state index contributed by atoms with van der Waals surface area (Å²) in [6, 6.07) is 23.0. The molecular formula is C32H20Cl2FNO7. The Hall–Kier alpha value is -4.57. The maximum Gasteiger partial charge on any atom is 0.311 e. The molecule has 11 heteroatoms. The molecule has 1 amide bonds. The highest BCUT2D eigenvalue weighted by atomic mass is 35.5. The number of hydrogen-bond donors (Lipinski definition) is 2. The van der Waals surface area contributed by atoms with Gasteiger partial charge in [0, 0.05) is 11.3 Å². The van der Waals surface area contributed by atoms with E-state index in [0.29, 0.717) is 11.5 Å². The van der Waals surface area contributed by atoms with E-state index in [2.05, 4.69) is 5.32 Å². The monoisotopic (exact) mass is 619 g/mol. The van der Waals surface area contributed by atoms with E-state index in [-0.39, 0.29) is 26.9 Å². The average Bonchev–Trinajstić information content (AvgIpc) is 3.46. The van der Waals surface area contributed by atoms with Crippen LogP contribution < -0.4 is 10.1 Å². The van der Waals surface area contributed by atoms with E-state index in [1.54, 1.807) is 36.4 Å². The van der Waals surface area contributed by atoms with Gasteiger partial charge in [0.2, 0.25) is 23.1 Å². The fraction of sp³-hybridized carbons (Fsp3) is 0.125. The summed E-state index contributed by atoms with van der Waals surface area (Å²) in [5.74, 6) is -8.27. The normalized spacial score (nSPS) is 22.4. The highest BCUT2D eigenvalue weighted by Crippen LogP contribution is 2.55. The molecule has 1 aliphatic heterocycles. The maximum absolute atomic E-state index is 14.8. The first-order valence-electron chi connectivity index (χ1n) is 13.0. The lowest BCUT2D eigenvalue weighted by atomic mass is 9.75. The number of nitrogens with one attached hydrogen (secondary N) is 1. The van der Waals surface area contributed by atoms with Gasteiger partial charge in [-0.3, -0.25) is 19.2 Å². The van der Waals surface area contributed by atoms with Crippen LogP contribution in [0.2, 0.25) is 10.0 Å². The topological polar surface area (TPSA) is 119 Å². The Kier molecular flexibility index (Phi) is 7.25. The number of carbonyl (C=O) groups is 4. The van der Waals surface area contributed by atoms with E-state index in [0.717, 1.165) is 6.07 Å².